The van der Waals surface area contributed by atoms with E-state index in [0.717, 1.165) is 49.6 Å². The highest BCUT2D eigenvalue weighted by Gasteiger charge is 2.15. The Morgan fingerprint density at radius 3 is 2.91 bits per heavy atom. The molecule has 1 aromatic carbocycles. The number of benzene rings is 1. The minimum Gasteiger partial charge on any atom is -0.376 e. The van der Waals surface area contributed by atoms with Gasteiger partial charge in [-0.3, -0.25) is 0 Å². The van der Waals surface area contributed by atoms with Crippen LogP contribution in [0.15, 0.2) is 30.3 Å². The fraction of sp³-hybridized carbons (Fsp3) is 0.444. The van der Waals surface area contributed by atoms with Crippen LogP contribution in [0.5, 0.6) is 0 Å². The van der Waals surface area contributed by atoms with Gasteiger partial charge in [0.25, 0.3) is 0 Å². The molecule has 1 aromatic heterocycles. The average Bonchev–Trinajstić information content (AvgIpc) is 3.06. The zero-order valence-electron chi connectivity index (χ0n) is 13.8. The van der Waals surface area contributed by atoms with Crippen LogP contribution in [0.4, 0.5) is 17.5 Å². The molecule has 0 bridgehead atoms. The molecule has 3 rings (SSSR count). The summed E-state index contributed by atoms with van der Waals surface area (Å²) in [4.78, 5) is 9.04. The number of aromatic nitrogens is 2. The number of hydrogen-bond donors (Lipinski definition) is 2. The Labute approximate surface area is 137 Å². The molecule has 23 heavy (non-hydrogen) atoms. The molecular weight excluding hydrogens is 288 g/mol. The monoisotopic (exact) mass is 312 g/mol. The number of aryl methyl sites for hydroxylation is 2. The predicted molar refractivity (Wildman–Crippen MR) is 93.3 cm³/mol. The summed E-state index contributed by atoms with van der Waals surface area (Å²) < 4.78 is 5.63. The molecular formula is C18H24N4O. The fourth-order valence-electron chi connectivity index (χ4n) is 2.81. The van der Waals surface area contributed by atoms with Crippen molar-refractivity contribution in [3.05, 3.63) is 41.6 Å². The summed E-state index contributed by atoms with van der Waals surface area (Å²) in [7, 11) is 0. The molecule has 122 valence electrons. The minimum absolute atomic E-state index is 0.274. The molecule has 1 aliphatic heterocycles. The van der Waals surface area contributed by atoms with Gasteiger partial charge in [0, 0.05) is 30.6 Å². The van der Waals surface area contributed by atoms with Crippen molar-refractivity contribution < 1.29 is 4.74 Å². The second kappa shape index (κ2) is 7.42. The molecule has 1 aliphatic rings. The first-order valence-electron chi connectivity index (χ1n) is 8.30. The van der Waals surface area contributed by atoms with Crippen LogP contribution in [0.1, 0.15) is 31.0 Å². The van der Waals surface area contributed by atoms with Gasteiger partial charge >= 0.3 is 0 Å². The lowest BCUT2D eigenvalue weighted by Crippen LogP contribution is -2.20. The molecule has 1 unspecified atom stereocenters. The van der Waals surface area contributed by atoms with Crippen molar-refractivity contribution in [2.24, 2.45) is 0 Å². The Kier molecular flexibility index (Phi) is 5.08. The molecule has 1 fully saturated rings. The molecule has 0 spiro atoms. The molecule has 5 nitrogen and oxygen atoms in total. The highest BCUT2D eigenvalue weighted by Crippen LogP contribution is 2.21. The van der Waals surface area contributed by atoms with Crippen LogP contribution in [-0.4, -0.2) is 29.2 Å². The van der Waals surface area contributed by atoms with Crippen molar-refractivity contribution in [2.45, 2.75) is 39.2 Å². The molecule has 2 aromatic rings. The lowest BCUT2D eigenvalue weighted by atomic mass is 10.1. The third-order valence-corrected chi connectivity index (χ3v) is 4.03. The Morgan fingerprint density at radius 2 is 2.13 bits per heavy atom. The van der Waals surface area contributed by atoms with E-state index in [-0.39, 0.29) is 6.10 Å². The van der Waals surface area contributed by atoms with E-state index < -0.39 is 0 Å². The van der Waals surface area contributed by atoms with Gasteiger partial charge in [-0.2, -0.15) is 4.98 Å². The van der Waals surface area contributed by atoms with E-state index in [1.165, 1.54) is 5.56 Å². The van der Waals surface area contributed by atoms with Crippen LogP contribution < -0.4 is 10.6 Å². The molecule has 0 saturated carbocycles. The van der Waals surface area contributed by atoms with Crippen molar-refractivity contribution in [2.75, 3.05) is 23.8 Å². The van der Waals surface area contributed by atoms with Gasteiger partial charge in [-0.25, -0.2) is 4.98 Å². The SMILES string of the molecule is CCc1ccccc1Nc1cc(C)nc(NCC2CCCO2)n1. The maximum absolute atomic E-state index is 5.63. The van der Waals surface area contributed by atoms with Gasteiger partial charge in [0.1, 0.15) is 5.82 Å². The van der Waals surface area contributed by atoms with Crippen LogP contribution >= 0.6 is 0 Å². The highest BCUT2D eigenvalue weighted by molar-refractivity contribution is 5.61. The minimum atomic E-state index is 0.274. The van der Waals surface area contributed by atoms with E-state index in [0.29, 0.717) is 5.95 Å². The second-order valence-corrected chi connectivity index (χ2v) is 5.87. The largest absolute Gasteiger partial charge is 0.376 e. The molecule has 1 saturated heterocycles. The van der Waals surface area contributed by atoms with Crippen LogP contribution in [0.3, 0.4) is 0 Å². The van der Waals surface area contributed by atoms with Crippen molar-refractivity contribution >= 4 is 17.5 Å². The molecule has 1 atom stereocenters. The van der Waals surface area contributed by atoms with Gasteiger partial charge in [0.05, 0.1) is 6.10 Å². The summed E-state index contributed by atoms with van der Waals surface area (Å²) in [6.45, 7) is 5.76. The van der Waals surface area contributed by atoms with Gasteiger partial charge in [-0.1, -0.05) is 25.1 Å². The second-order valence-electron chi connectivity index (χ2n) is 5.87. The van der Waals surface area contributed by atoms with Gasteiger partial charge in [0.15, 0.2) is 0 Å². The van der Waals surface area contributed by atoms with Crippen LogP contribution in [0.25, 0.3) is 0 Å². The Balaban J connectivity index is 1.71. The third-order valence-electron chi connectivity index (χ3n) is 4.03. The molecule has 2 N–H and O–H groups in total. The molecule has 2 heterocycles. The lowest BCUT2D eigenvalue weighted by Gasteiger charge is -2.14. The fourth-order valence-corrected chi connectivity index (χ4v) is 2.81. The molecule has 5 heteroatoms. The molecule has 0 radical (unpaired) electrons. The average molecular weight is 312 g/mol. The standard InChI is InChI=1S/C18H24N4O/c1-3-14-7-4-5-9-16(14)21-17-11-13(2)20-18(22-17)19-12-15-8-6-10-23-15/h4-5,7,9,11,15H,3,6,8,10,12H2,1-2H3,(H2,19,20,21,22). The van der Waals surface area contributed by atoms with Gasteiger partial charge in [0.2, 0.25) is 5.95 Å². The summed E-state index contributed by atoms with van der Waals surface area (Å²) in [5.41, 5.74) is 3.31. The van der Waals surface area contributed by atoms with Crippen molar-refractivity contribution in [3.8, 4) is 0 Å². The van der Waals surface area contributed by atoms with Crippen molar-refractivity contribution in [1.82, 2.24) is 9.97 Å². The van der Waals surface area contributed by atoms with Crippen LogP contribution in [-0.2, 0) is 11.2 Å². The van der Waals surface area contributed by atoms with Gasteiger partial charge < -0.3 is 15.4 Å². The summed E-state index contributed by atoms with van der Waals surface area (Å²) in [5.74, 6) is 1.46. The van der Waals surface area contributed by atoms with E-state index in [1.54, 1.807) is 0 Å². The number of nitrogens with one attached hydrogen (secondary N) is 2. The zero-order valence-corrected chi connectivity index (χ0v) is 13.8. The Hall–Kier alpha value is -2.14. The third kappa shape index (κ3) is 4.20. The normalized spacial score (nSPS) is 17.2. The van der Waals surface area contributed by atoms with Crippen LogP contribution in [0, 0.1) is 6.92 Å². The zero-order chi connectivity index (χ0) is 16.1. The number of hydrogen-bond acceptors (Lipinski definition) is 5. The maximum atomic E-state index is 5.63. The van der Waals surface area contributed by atoms with Gasteiger partial charge in [-0.15, -0.1) is 0 Å². The highest BCUT2D eigenvalue weighted by atomic mass is 16.5. The lowest BCUT2D eigenvalue weighted by molar-refractivity contribution is 0.120. The summed E-state index contributed by atoms with van der Waals surface area (Å²) in [6.07, 6.45) is 3.50. The molecule has 0 amide bonds. The number of para-hydroxylation sites is 1. The van der Waals surface area contributed by atoms with Gasteiger partial charge in [-0.05, 0) is 37.8 Å². The van der Waals surface area contributed by atoms with E-state index in [4.69, 9.17) is 4.74 Å². The topological polar surface area (TPSA) is 59.1 Å². The van der Waals surface area contributed by atoms with Crippen molar-refractivity contribution in [1.29, 1.82) is 0 Å². The maximum Gasteiger partial charge on any atom is 0.224 e. The predicted octanol–water partition coefficient (Wildman–Crippen LogP) is 3.68. The van der Waals surface area contributed by atoms with E-state index in [2.05, 4.69) is 45.7 Å². The van der Waals surface area contributed by atoms with Crippen LogP contribution in [0.2, 0.25) is 0 Å². The molecule has 0 aliphatic carbocycles. The number of ether oxygens (including phenoxy) is 1. The Morgan fingerprint density at radius 1 is 1.26 bits per heavy atom. The summed E-state index contributed by atoms with van der Waals surface area (Å²) in [5, 5.41) is 6.71. The van der Waals surface area contributed by atoms with E-state index in [1.807, 2.05) is 19.1 Å². The number of anilines is 3. The first-order valence-corrected chi connectivity index (χ1v) is 8.30. The summed E-state index contributed by atoms with van der Waals surface area (Å²) in [6, 6.07) is 10.3. The smallest absolute Gasteiger partial charge is 0.224 e. The Bertz CT molecular complexity index is 653. The first kappa shape index (κ1) is 15.7. The van der Waals surface area contributed by atoms with E-state index >= 15 is 0 Å². The van der Waals surface area contributed by atoms with Crippen molar-refractivity contribution in [3.63, 3.8) is 0 Å². The number of rotatable bonds is 6. The number of nitrogens with zero attached hydrogens (tertiary/aromatic N) is 2. The van der Waals surface area contributed by atoms with E-state index in [9.17, 15) is 0 Å². The quantitative estimate of drug-likeness (QED) is 0.852. The summed E-state index contributed by atoms with van der Waals surface area (Å²) >= 11 is 0. The first-order chi connectivity index (χ1) is 11.2.